The molecular weight excluding hydrogens is 602 g/mol. The second kappa shape index (κ2) is 14.1. The smallest absolute Gasteiger partial charge is 0.289 e. The number of nitrogens with zero attached hydrogens (tertiary/aromatic N) is 5. The van der Waals surface area contributed by atoms with Gasteiger partial charge in [0.25, 0.3) is 11.8 Å². The van der Waals surface area contributed by atoms with Crippen molar-refractivity contribution in [3.63, 3.8) is 0 Å². The van der Waals surface area contributed by atoms with E-state index in [4.69, 9.17) is 4.74 Å². The summed E-state index contributed by atoms with van der Waals surface area (Å²) < 4.78 is 7.25. The van der Waals surface area contributed by atoms with Crippen molar-refractivity contribution in [1.29, 1.82) is 0 Å². The van der Waals surface area contributed by atoms with E-state index in [1.54, 1.807) is 13.3 Å². The SMILES string of the molecule is CCNC(=O)[C@H]1OC(n2cnc3c(NCC(c4ccccc4)c4ccccc4)nc(C(=O)NCCc4nc[nH]c4C)nc32)[C@H](O)[C@@H]1O. The summed E-state index contributed by atoms with van der Waals surface area (Å²) in [6.45, 7) is 4.68. The van der Waals surface area contributed by atoms with Gasteiger partial charge in [0.15, 0.2) is 29.3 Å². The monoisotopic (exact) mass is 639 g/mol. The third-order valence-corrected chi connectivity index (χ3v) is 8.21. The molecule has 1 aliphatic heterocycles. The number of H-pyrrole nitrogens is 1. The molecule has 1 aliphatic rings. The van der Waals surface area contributed by atoms with E-state index in [1.165, 1.54) is 10.9 Å². The van der Waals surface area contributed by atoms with Gasteiger partial charge in [-0.3, -0.25) is 14.2 Å². The molecule has 0 bridgehead atoms. The summed E-state index contributed by atoms with van der Waals surface area (Å²) in [5, 5.41) is 30.5. The predicted octanol–water partition coefficient (Wildman–Crippen LogP) is 1.83. The first kappa shape index (κ1) is 31.8. The van der Waals surface area contributed by atoms with Crippen molar-refractivity contribution in [3.8, 4) is 0 Å². The van der Waals surface area contributed by atoms with Gasteiger partial charge >= 0.3 is 0 Å². The number of carbonyl (C=O) groups is 2. The molecule has 0 radical (unpaired) electrons. The number of aliphatic hydroxyl groups excluding tert-OH is 2. The lowest BCUT2D eigenvalue weighted by molar-refractivity contribution is -0.137. The van der Waals surface area contributed by atoms with Gasteiger partial charge in [-0.25, -0.2) is 19.9 Å². The zero-order chi connectivity index (χ0) is 32.9. The zero-order valence-corrected chi connectivity index (χ0v) is 26.0. The van der Waals surface area contributed by atoms with Crippen molar-refractivity contribution >= 4 is 28.8 Å². The molecule has 2 aromatic carbocycles. The van der Waals surface area contributed by atoms with Crippen molar-refractivity contribution in [1.82, 2.24) is 40.1 Å². The van der Waals surface area contributed by atoms with Gasteiger partial charge in [0.1, 0.15) is 12.2 Å². The Morgan fingerprint density at radius 1 is 0.979 bits per heavy atom. The maximum absolute atomic E-state index is 13.4. The Morgan fingerprint density at radius 2 is 1.68 bits per heavy atom. The van der Waals surface area contributed by atoms with E-state index in [-0.39, 0.29) is 17.4 Å². The first-order valence-corrected chi connectivity index (χ1v) is 15.5. The summed E-state index contributed by atoms with van der Waals surface area (Å²) in [5.74, 6) is -0.974. The minimum atomic E-state index is -1.49. The van der Waals surface area contributed by atoms with Crippen LogP contribution in [0, 0.1) is 6.92 Å². The molecule has 6 rings (SSSR count). The molecule has 2 amide bonds. The fourth-order valence-corrected chi connectivity index (χ4v) is 5.72. The van der Waals surface area contributed by atoms with E-state index >= 15 is 0 Å². The van der Waals surface area contributed by atoms with Crippen LogP contribution in [0.15, 0.2) is 73.3 Å². The topological polar surface area (TPSA) is 192 Å². The van der Waals surface area contributed by atoms with Crippen LogP contribution < -0.4 is 16.0 Å². The number of hydrogen-bond donors (Lipinski definition) is 6. The van der Waals surface area contributed by atoms with Crippen LogP contribution in [-0.4, -0.2) is 89.5 Å². The number of likely N-dealkylation sites (N-methyl/N-ethyl adjacent to an activating group) is 1. The number of anilines is 1. The highest BCUT2D eigenvalue weighted by Gasteiger charge is 2.47. The van der Waals surface area contributed by atoms with Crippen molar-refractivity contribution < 1.29 is 24.5 Å². The van der Waals surface area contributed by atoms with Gasteiger partial charge < -0.3 is 35.9 Å². The number of carbonyl (C=O) groups excluding carboxylic acids is 2. The number of ether oxygens (including phenoxy) is 1. The number of benzene rings is 2. The number of aromatic nitrogens is 6. The molecule has 1 saturated heterocycles. The maximum Gasteiger partial charge on any atom is 0.289 e. The second-order valence-electron chi connectivity index (χ2n) is 11.3. The van der Waals surface area contributed by atoms with Crippen molar-refractivity contribution in [2.45, 2.75) is 50.7 Å². The number of aryl methyl sites for hydroxylation is 1. The Hall–Kier alpha value is -5.18. The average molecular weight is 640 g/mol. The summed E-state index contributed by atoms with van der Waals surface area (Å²) in [6.07, 6.45) is -1.98. The van der Waals surface area contributed by atoms with E-state index in [1.807, 2.05) is 43.3 Å². The quantitative estimate of drug-likeness (QED) is 0.117. The third kappa shape index (κ3) is 6.70. The Kier molecular flexibility index (Phi) is 9.52. The number of amides is 2. The largest absolute Gasteiger partial charge is 0.387 e. The molecule has 1 fully saturated rings. The molecule has 0 spiro atoms. The van der Waals surface area contributed by atoms with E-state index in [9.17, 15) is 19.8 Å². The van der Waals surface area contributed by atoms with Crippen LogP contribution in [0.5, 0.6) is 0 Å². The van der Waals surface area contributed by atoms with E-state index in [0.717, 1.165) is 22.5 Å². The van der Waals surface area contributed by atoms with Gasteiger partial charge in [-0.05, 0) is 25.0 Å². The molecule has 47 heavy (non-hydrogen) atoms. The van der Waals surface area contributed by atoms with Gasteiger partial charge in [0, 0.05) is 37.7 Å². The van der Waals surface area contributed by atoms with Crippen LogP contribution in [0.25, 0.3) is 11.2 Å². The van der Waals surface area contributed by atoms with Crippen LogP contribution in [-0.2, 0) is 16.0 Å². The number of aliphatic hydroxyl groups is 2. The standard InChI is InChI=1S/C33H37N9O5/c1-3-34-31(45)27-25(43)26(44)33(47-27)42-18-39-24-28(36-16-22(20-10-6-4-7-11-20)21-12-8-5-9-13-21)40-29(41-30(24)42)32(46)35-15-14-23-19(2)37-17-38-23/h4-13,17-18,22,25-27,33,43-44H,3,14-16H2,1-2H3,(H,34,45)(H,35,46)(H,37,38)(H,36,40,41)/t25-,26+,27-,33?/m0/s1. The molecule has 0 aliphatic carbocycles. The number of aromatic amines is 1. The van der Waals surface area contributed by atoms with Gasteiger partial charge in [0.2, 0.25) is 5.82 Å². The highest BCUT2D eigenvalue weighted by Crippen LogP contribution is 2.33. The Bertz CT molecular complexity index is 1790. The molecule has 14 nitrogen and oxygen atoms in total. The van der Waals surface area contributed by atoms with Gasteiger partial charge in [-0.2, -0.15) is 0 Å². The van der Waals surface area contributed by atoms with E-state index in [0.29, 0.717) is 37.4 Å². The average Bonchev–Trinajstić information content (AvgIpc) is 3.79. The summed E-state index contributed by atoms with van der Waals surface area (Å²) in [4.78, 5) is 46.9. The minimum Gasteiger partial charge on any atom is -0.387 e. The molecule has 5 aromatic rings. The van der Waals surface area contributed by atoms with Crippen LogP contribution in [0.2, 0.25) is 0 Å². The number of hydrogen-bond acceptors (Lipinski definition) is 10. The van der Waals surface area contributed by atoms with Crippen LogP contribution in [0.3, 0.4) is 0 Å². The number of imidazole rings is 2. The fourth-order valence-electron chi connectivity index (χ4n) is 5.72. The molecule has 1 unspecified atom stereocenters. The lowest BCUT2D eigenvalue weighted by atomic mass is 9.91. The zero-order valence-electron chi connectivity index (χ0n) is 26.0. The van der Waals surface area contributed by atoms with E-state index in [2.05, 4.69) is 65.1 Å². The van der Waals surface area contributed by atoms with Crippen LogP contribution in [0.4, 0.5) is 5.82 Å². The molecule has 4 atom stereocenters. The van der Waals surface area contributed by atoms with Gasteiger partial charge in [0.05, 0.1) is 18.3 Å². The number of rotatable bonds is 12. The van der Waals surface area contributed by atoms with Crippen LogP contribution >= 0.6 is 0 Å². The molecule has 4 heterocycles. The highest BCUT2D eigenvalue weighted by molar-refractivity contribution is 5.94. The number of fused-ring (bicyclic) bond motifs is 1. The van der Waals surface area contributed by atoms with Crippen LogP contribution in [0.1, 0.15) is 52.2 Å². The van der Waals surface area contributed by atoms with Crippen molar-refractivity contribution in [2.24, 2.45) is 0 Å². The van der Waals surface area contributed by atoms with Gasteiger partial charge in [-0.1, -0.05) is 60.7 Å². The fraction of sp³-hybridized carbons (Fsp3) is 0.333. The molecule has 0 saturated carbocycles. The summed E-state index contributed by atoms with van der Waals surface area (Å²) in [6, 6.07) is 20.1. The van der Waals surface area contributed by atoms with Crippen molar-refractivity contribution in [3.05, 3.63) is 102 Å². The van der Waals surface area contributed by atoms with E-state index < -0.39 is 36.4 Å². The molecule has 14 heteroatoms. The minimum absolute atomic E-state index is 0.0631. The van der Waals surface area contributed by atoms with Crippen molar-refractivity contribution in [2.75, 3.05) is 25.0 Å². The summed E-state index contributed by atoms with van der Waals surface area (Å²) in [5.41, 5.74) is 4.42. The third-order valence-electron chi connectivity index (χ3n) is 8.21. The summed E-state index contributed by atoms with van der Waals surface area (Å²) >= 11 is 0. The molecule has 3 aromatic heterocycles. The second-order valence-corrected chi connectivity index (χ2v) is 11.3. The molecular formula is C33H37N9O5. The normalized spacial score (nSPS) is 19.3. The highest BCUT2D eigenvalue weighted by atomic mass is 16.6. The summed E-state index contributed by atoms with van der Waals surface area (Å²) in [7, 11) is 0. The first-order chi connectivity index (χ1) is 22.9. The lowest BCUT2D eigenvalue weighted by Gasteiger charge is -2.20. The maximum atomic E-state index is 13.4. The molecule has 244 valence electrons. The van der Waals surface area contributed by atoms with Gasteiger partial charge in [-0.15, -0.1) is 0 Å². The molecule has 6 N–H and O–H groups in total. The Labute approximate surface area is 270 Å². The predicted molar refractivity (Wildman–Crippen MR) is 173 cm³/mol. The number of nitrogens with one attached hydrogen (secondary N) is 4. The lowest BCUT2D eigenvalue weighted by Crippen LogP contribution is -2.42. The Balaban J connectivity index is 1.33. The first-order valence-electron chi connectivity index (χ1n) is 15.5. The Morgan fingerprint density at radius 3 is 2.32 bits per heavy atom.